The first-order chi connectivity index (χ1) is 12.5. The zero-order valence-electron chi connectivity index (χ0n) is 18.8. The molecule has 0 aliphatic rings. The summed E-state index contributed by atoms with van der Waals surface area (Å²) in [7, 11) is 0. The first-order valence-electron chi connectivity index (χ1n) is 9.39. The van der Waals surface area contributed by atoms with Crippen molar-refractivity contribution in [2.45, 2.75) is 80.4 Å². The molecule has 6 nitrogen and oxygen atoms in total. The highest BCUT2D eigenvalue weighted by Gasteiger charge is 2.37. The monoisotopic (exact) mass is 394 g/mol. The molecule has 158 valence electrons. The molecule has 6 heteroatoms. The second-order valence-electron chi connectivity index (χ2n) is 9.97. The van der Waals surface area contributed by atoms with Crippen LogP contribution in [0.25, 0.3) is 0 Å². The summed E-state index contributed by atoms with van der Waals surface area (Å²) in [5.74, 6) is -0.930. The second kappa shape index (κ2) is 8.21. The number of hydrogen-bond donors (Lipinski definition) is 0. The molecule has 0 N–H and O–H groups in total. The van der Waals surface area contributed by atoms with Crippen LogP contribution in [0.5, 0.6) is 0 Å². The molecule has 0 atom stereocenters. The number of hydrogen-bond acceptors (Lipinski definition) is 6. The SMILES string of the molecule is CC(C)(C)C(=O)OOC(C)(C)c1ccccc1C(C)(C)OOC(=O)C(C)(C)C. The normalized spacial score (nSPS) is 13.2. The molecule has 0 bridgehead atoms. The Hall–Kier alpha value is -1.92. The van der Waals surface area contributed by atoms with E-state index in [1.165, 1.54) is 0 Å². The Balaban J connectivity index is 3.07. The average molecular weight is 395 g/mol. The molecular formula is C22H34O6. The van der Waals surface area contributed by atoms with Crippen molar-refractivity contribution in [3.63, 3.8) is 0 Å². The molecule has 0 aliphatic carbocycles. The van der Waals surface area contributed by atoms with Gasteiger partial charge in [0.25, 0.3) is 0 Å². The Morgan fingerprint density at radius 1 is 0.607 bits per heavy atom. The minimum atomic E-state index is -0.952. The molecule has 0 unspecified atom stereocenters. The lowest BCUT2D eigenvalue weighted by Crippen LogP contribution is -2.34. The van der Waals surface area contributed by atoms with E-state index in [9.17, 15) is 9.59 Å². The lowest BCUT2D eigenvalue weighted by Gasteiger charge is -2.32. The summed E-state index contributed by atoms with van der Waals surface area (Å²) >= 11 is 0. The van der Waals surface area contributed by atoms with Crippen LogP contribution < -0.4 is 0 Å². The molecule has 0 aliphatic heterocycles. The molecule has 0 amide bonds. The van der Waals surface area contributed by atoms with E-state index in [-0.39, 0.29) is 0 Å². The minimum Gasteiger partial charge on any atom is -0.297 e. The van der Waals surface area contributed by atoms with Gasteiger partial charge in [-0.15, -0.1) is 0 Å². The van der Waals surface area contributed by atoms with Gasteiger partial charge in [-0.2, -0.15) is 9.78 Å². The van der Waals surface area contributed by atoms with Gasteiger partial charge < -0.3 is 0 Å². The van der Waals surface area contributed by atoms with Crippen LogP contribution in [0.3, 0.4) is 0 Å². The van der Waals surface area contributed by atoms with Crippen molar-refractivity contribution in [3.8, 4) is 0 Å². The quantitative estimate of drug-likeness (QED) is 0.488. The minimum absolute atomic E-state index is 0.465. The number of rotatable bonds is 6. The zero-order valence-corrected chi connectivity index (χ0v) is 18.8. The largest absolute Gasteiger partial charge is 0.347 e. The predicted octanol–water partition coefficient (Wildman–Crippen LogP) is 5.20. The third-order valence-corrected chi connectivity index (χ3v) is 4.10. The molecule has 1 aromatic rings. The number of carbonyl (C=O) groups is 2. The van der Waals surface area contributed by atoms with Gasteiger partial charge >= 0.3 is 11.9 Å². The summed E-state index contributed by atoms with van der Waals surface area (Å²) in [6.07, 6.45) is 0. The van der Waals surface area contributed by atoms with Crippen molar-refractivity contribution in [2.24, 2.45) is 10.8 Å². The highest BCUT2D eigenvalue weighted by molar-refractivity contribution is 5.75. The summed E-state index contributed by atoms with van der Waals surface area (Å²) in [5, 5.41) is 0. The van der Waals surface area contributed by atoms with E-state index in [0.29, 0.717) is 0 Å². The Labute approximate surface area is 168 Å². The molecular weight excluding hydrogens is 360 g/mol. The molecule has 28 heavy (non-hydrogen) atoms. The zero-order chi connectivity index (χ0) is 22.0. The van der Waals surface area contributed by atoms with Crippen LogP contribution in [0.2, 0.25) is 0 Å². The van der Waals surface area contributed by atoms with Gasteiger partial charge in [0.2, 0.25) is 0 Å². The Bertz CT molecular complexity index is 643. The second-order valence-corrected chi connectivity index (χ2v) is 9.97. The highest BCUT2D eigenvalue weighted by Crippen LogP contribution is 2.36. The molecule has 0 radical (unpaired) electrons. The molecule has 0 spiro atoms. The van der Waals surface area contributed by atoms with Gasteiger partial charge in [0.15, 0.2) is 0 Å². The highest BCUT2D eigenvalue weighted by atomic mass is 17.2. The third kappa shape index (κ3) is 6.31. The van der Waals surface area contributed by atoms with Crippen molar-refractivity contribution in [3.05, 3.63) is 35.4 Å². The van der Waals surface area contributed by atoms with Crippen molar-refractivity contribution in [1.29, 1.82) is 0 Å². The van der Waals surface area contributed by atoms with E-state index >= 15 is 0 Å². The van der Waals surface area contributed by atoms with Crippen molar-refractivity contribution in [1.82, 2.24) is 0 Å². The standard InChI is InChI=1S/C22H34O6/c1-19(2,3)17(23)25-27-21(7,8)15-13-11-12-14-16(15)22(9,10)28-26-18(24)20(4,5)6/h11-14H,1-10H3. The van der Waals surface area contributed by atoms with Gasteiger partial charge in [0, 0.05) is 0 Å². The smallest absolute Gasteiger partial charge is 0.297 e. The van der Waals surface area contributed by atoms with Crippen LogP contribution in [0, 0.1) is 10.8 Å². The lowest BCUT2D eigenvalue weighted by atomic mass is 9.85. The fraction of sp³-hybridized carbons (Fsp3) is 0.636. The maximum Gasteiger partial charge on any atom is 0.347 e. The molecule has 0 saturated heterocycles. The summed E-state index contributed by atoms with van der Waals surface area (Å²) in [6.45, 7) is 17.7. The Kier molecular flexibility index (Phi) is 7.07. The first-order valence-corrected chi connectivity index (χ1v) is 9.39. The molecule has 1 aromatic carbocycles. The van der Waals surface area contributed by atoms with Crippen LogP contribution in [-0.4, -0.2) is 11.9 Å². The summed E-state index contributed by atoms with van der Waals surface area (Å²) in [5.41, 5.74) is -1.78. The van der Waals surface area contributed by atoms with Gasteiger partial charge in [-0.05, 0) is 80.4 Å². The lowest BCUT2D eigenvalue weighted by molar-refractivity contribution is -0.341. The Morgan fingerprint density at radius 2 is 0.893 bits per heavy atom. The van der Waals surface area contributed by atoms with Crippen LogP contribution >= 0.6 is 0 Å². The molecule has 0 saturated carbocycles. The number of benzene rings is 1. The van der Waals surface area contributed by atoms with Crippen LogP contribution in [0.1, 0.15) is 80.4 Å². The summed E-state index contributed by atoms with van der Waals surface area (Å²) in [4.78, 5) is 45.3. The third-order valence-electron chi connectivity index (χ3n) is 4.10. The summed E-state index contributed by atoms with van der Waals surface area (Å²) < 4.78 is 0. The fourth-order valence-corrected chi connectivity index (χ4v) is 2.16. The van der Waals surface area contributed by atoms with Crippen LogP contribution in [-0.2, 0) is 40.3 Å². The van der Waals surface area contributed by atoms with E-state index in [2.05, 4.69) is 0 Å². The van der Waals surface area contributed by atoms with E-state index in [1.54, 1.807) is 69.2 Å². The first kappa shape index (κ1) is 24.1. The van der Waals surface area contributed by atoms with E-state index in [1.807, 2.05) is 24.3 Å². The number of carbonyl (C=O) groups excluding carboxylic acids is 2. The predicted molar refractivity (Wildman–Crippen MR) is 106 cm³/mol. The van der Waals surface area contributed by atoms with Crippen molar-refractivity contribution >= 4 is 11.9 Å². The molecule has 0 aromatic heterocycles. The fourth-order valence-electron chi connectivity index (χ4n) is 2.16. The maximum atomic E-state index is 12.1. The van der Waals surface area contributed by atoms with Crippen LogP contribution in [0.15, 0.2) is 24.3 Å². The molecule has 1 rings (SSSR count). The van der Waals surface area contributed by atoms with Gasteiger partial charge in [-0.3, -0.25) is 9.78 Å². The van der Waals surface area contributed by atoms with Gasteiger partial charge in [0.05, 0.1) is 10.8 Å². The molecule has 0 heterocycles. The topological polar surface area (TPSA) is 71.1 Å². The van der Waals surface area contributed by atoms with Crippen molar-refractivity contribution in [2.75, 3.05) is 0 Å². The van der Waals surface area contributed by atoms with Crippen molar-refractivity contribution < 1.29 is 29.1 Å². The van der Waals surface area contributed by atoms with E-state index in [0.717, 1.165) is 11.1 Å². The van der Waals surface area contributed by atoms with Crippen LogP contribution in [0.4, 0.5) is 0 Å². The Morgan fingerprint density at radius 3 is 1.14 bits per heavy atom. The summed E-state index contributed by atoms with van der Waals surface area (Å²) in [6, 6.07) is 7.42. The molecule has 0 fully saturated rings. The van der Waals surface area contributed by atoms with E-state index in [4.69, 9.17) is 19.6 Å². The average Bonchev–Trinajstić information content (AvgIpc) is 2.56. The van der Waals surface area contributed by atoms with Gasteiger partial charge in [0.1, 0.15) is 11.2 Å². The van der Waals surface area contributed by atoms with E-state index < -0.39 is 34.0 Å². The maximum absolute atomic E-state index is 12.1. The van der Waals surface area contributed by atoms with Gasteiger partial charge in [-0.1, -0.05) is 24.3 Å². The van der Waals surface area contributed by atoms with Gasteiger partial charge in [-0.25, -0.2) is 9.59 Å².